The first-order valence-electron chi connectivity index (χ1n) is 10.3. The molecule has 7 heteroatoms. The van der Waals surface area contributed by atoms with Crippen LogP contribution in [0.2, 0.25) is 0 Å². The van der Waals surface area contributed by atoms with Gasteiger partial charge in [0.2, 0.25) is 5.91 Å². The second-order valence-electron chi connectivity index (χ2n) is 7.48. The first kappa shape index (κ1) is 22.8. The van der Waals surface area contributed by atoms with Gasteiger partial charge in [-0.1, -0.05) is 60.7 Å². The average molecular weight is 434 g/mol. The van der Waals surface area contributed by atoms with Gasteiger partial charge in [0, 0.05) is 18.0 Å². The number of nitrogens with one attached hydrogen (secondary N) is 2. The number of hydrogen-bond donors (Lipinski definition) is 3. The molecule has 1 atom stereocenters. The summed E-state index contributed by atoms with van der Waals surface area (Å²) in [5, 5.41) is 14.1. The summed E-state index contributed by atoms with van der Waals surface area (Å²) in [6.07, 6.45) is 2.46. The fraction of sp³-hybridized carbons (Fsp3) is 0.240. The molecular weight excluding hydrogens is 408 g/mol. The maximum absolute atomic E-state index is 12.2. The van der Waals surface area contributed by atoms with Gasteiger partial charge in [-0.15, -0.1) is 6.58 Å². The molecule has 166 valence electrons. The van der Waals surface area contributed by atoms with E-state index in [1.54, 1.807) is 6.92 Å². The minimum atomic E-state index is -1.14. The van der Waals surface area contributed by atoms with Crippen molar-refractivity contribution in [1.29, 1.82) is 0 Å². The molecular formula is C25H26N2O5. The van der Waals surface area contributed by atoms with Crippen LogP contribution in [0.1, 0.15) is 30.4 Å². The van der Waals surface area contributed by atoms with Gasteiger partial charge in [0.15, 0.2) is 0 Å². The molecule has 0 saturated carbocycles. The Hall–Kier alpha value is -3.87. The van der Waals surface area contributed by atoms with Gasteiger partial charge in [-0.2, -0.15) is 0 Å². The molecule has 3 rings (SSSR count). The topological polar surface area (TPSA) is 105 Å². The standard InChI is InChI=1S/C25H26N2O5/c1-3-8-22(24(29)30)27-23(28)16(2)13-14-26-25(31)32-15-21-19-11-6-4-9-17(19)18-10-5-7-12-20(18)21/h3-7,9-13,21-22H,1,8,14-15H2,2H3,(H,26,31)(H,27,28)(H,29,30)/b16-13+. The molecule has 32 heavy (non-hydrogen) atoms. The molecule has 0 radical (unpaired) electrons. The Bertz CT molecular complexity index is 1010. The lowest BCUT2D eigenvalue weighted by Gasteiger charge is -2.14. The molecule has 0 bridgehead atoms. The van der Waals surface area contributed by atoms with Crippen molar-refractivity contribution in [2.75, 3.05) is 13.2 Å². The minimum absolute atomic E-state index is 0.0333. The number of carboxylic acids is 1. The highest BCUT2D eigenvalue weighted by Gasteiger charge is 2.28. The van der Waals surface area contributed by atoms with E-state index in [-0.39, 0.29) is 25.5 Å². The van der Waals surface area contributed by atoms with Crippen LogP contribution in [0.15, 0.2) is 72.8 Å². The second-order valence-corrected chi connectivity index (χ2v) is 7.48. The molecule has 1 unspecified atom stereocenters. The van der Waals surface area contributed by atoms with Crippen LogP contribution in [0.25, 0.3) is 11.1 Å². The molecule has 1 aliphatic carbocycles. The highest BCUT2D eigenvalue weighted by Crippen LogP contribution is 2.44. The number of aliphatic carboxylic acids is 1. The molecule has 0 aromatic heterocycles. The van der Waals surface area contributed by atoms with Gasteiger partial charge in [-0.25, -0.2) is 9.59 Å². The SMILES string of the molecule is C=CCC(NC(=O)/C(C)=C/CNC(=O)OCC1c2ccccc2-c2ccccc21)C(=O)O. The molecule has 2 aromatic rings. The maximum Gasteiger partial charge on any atom is 0.407 e. The van der Waals surface area contributed by atoms with Crippen molar-refractivity contribution in [3.63, 3.8) is 0 Å². The van der Waals surface area contributed by atoms with Crippen LogP contribution in [-0.2, 0) is 14.3 Å². The van der Waals surface area contributed by atoms with Crippen LogP contribution < -0.4 is 10.6 Å². The lowest BCUT2D eigenvalue weighted by Crippen LogP contribution is -2.40. The zero-order chi connectivity index (χ0) is 23.1. The third kappa shape index (κ3) is 5.24. The van der Waals surface area contributed by atoms with Gasteiger partial charge in [0.05, 0.1) is 0 Å². The zero-order valence-electron chi connectivity index (χ0n) is 17.8. The summed E-state index contributed by atoms with van der Waals surface area (Å²) in [6, 6.07) is 15.1. The van der Waals surface area contributed by atoms with Crippen molar-refractivity contribution >= 4 is 18.0 Å². The van der Waals surface area contributed by atoms with Crippen LogP contribution >= 0.6 is 0 Å². The van der Waals surface area contributed by atoms with Crippen LogP contribution in [0.5, 0.6) is 0 Å². The van der Waals surface area contributed by atoms with E-state index in [0.717, 1.165) is 22.3 Å². The molecule has 2 amide bonds. The number of benzene rings is 2. The van der Waals surface area contributed by atoms with Crippen molar-refractivity contribution < 1.29 is 24.2 Å². The van der Waals surface area contributed by atoms with E-state index in [1.807, 2.05) is 36.4 Å². The number of amides is 2. The summed E-state index contributed by atoms with van der Waals surface area (Å²) in [4.78, 5) is 35.4. The third-order valence-corrected chi connectivity index (χ3v) is 5.36. The van der Waals surface area contributed by atoms with Crippen molar-refractivity contribution in [3.8, 4) is 11.1 Å². The van der Waals surface area contributed by atoms with Gasteiger partial charge in [0.25, 0.3) is 0 Å². The summed E-state index contributed by atoms with van der Waals surface area (Å²) in [6.45, 7) is 5.31. The van der Waals surface area contributed by atoms with Gasteiger partial charge in [0.1, 0.15) is 12.6 Å². The molecule has 7 nitrogen and oxygen atoms in total. The fourth-order valence-corrected chi connectivity index (χ4v) is 3.69. The number of hydrogen-bond acceptors (Lipinski definition) is 4. The van der Waals surface area contributed by atoms with Crippen molar-refractivity contribution in [1.82, 2.24) is 10.6 Å². The lowest BCUT2D eigenvalue weighted by atomic mass is 9.98. The number of fused-ring (bicyclic) bond motifs is 3. The number of carbonyl (C=O) groups is 3. The molecule has 0 fully saturated rings. The Labute approximate surface area is 186 Å². The first-order chi connectivity index (χ1) is 15.4. The van der Waals surface area contributed by atoms with Crippen molar-refractivity contribution in [3.05, 3.63) is 84.0 Å². The van der Waals surface area contributed by atoms with E-state index in [0.29, 0.717) is 5.57 Å². The predicted molar refractivity (Wildman–Crippen MR) is 121 cm³/mol. The maximum atomic E-state index is 12.2. The minimum Gasteiger partial charge on any atom is -0.480 e. The van der Waals surface area contributed by atoms with E-state index in [2.05, 4.69) is 29.3 Å². The van der Waals surface area contributed by atoms with E-state index in [1.165, 1.54) is 12.2 Å². The largest absolute Gasteiger partial charge is 0.480 e. The van der Waals surface area contributed by atoms with Crippen LogP contribution in [-0.4, -0.2) is 42.3 Å². The average Bonchev–Trinajstić information content (AvgIpc) is 3.11. The molecule has 1 aliphatic rings. The Morgan fingerprint density at radius 1 is 1.09 bits per heavy atom. The summed E-state index contributed by atoms with van der Waals surface area (Å²) in [5.41, 5.74) is 4.85. The van der Waals surface area contributed by atoms with Crippen molar-refractivity contribution in [2.45, 2.75) is 25.3 Å². The van der Waals surface area contributed by atoms with Gasteiger partial charge in [-0.05, 0) is 35.6 Å². The summed E-state index contributed by atoms with van der Waals surface area (Å²) < 4.78 is 5.44. The summed E-state index contributed by atoms with van der Waals surface area (Å²) in [5.74, 6) is -1.69. The van der Waals surface area contributed by atoms with E-state index >= 15 is 0 Å². The lowest BCUT2D eigenvalue weighted by molar-refractivity contribution is -0.141. The first-order valence-corrected chi connectivity index (χ1v) is 10.3. The van der Waals surface area contributed by atoms with E-state index in [4.69, 9.17) is 9.84 Å². The van der Waals surface area contributed by atoms with Crippen LogP contribution in [0.3, 0.4) is 0 Å². The molecule has 0 spiro atoms. The van der Waals surface area contributed by atoms with Crippen LogP contribution in [0, 0.1) is 0 Å². The van der Waals surface area contributed by atoms with Crippen LogP contribution in [0.4, 0.5) is 4.79 Å². The molecule has 0 aliphatic heterocycles. The zero-order valence-corrected chi connectivity index (χ0v) is 17.8. The number of alkyl carbamates (subject to hydrolysis) is 1. The Kier molecular flexibility index (Phi) is 7.44. The Morgan fingerprint density at radius 2 is 1.69 bits per heavy atom. The predicted octanol–water partition coefficient (Wildman–Crippen LogP) is 3.62. The summed E-state index contributed by atoms with van der Waals surface area (Å²) in [7, 11) is 0. The molecule has 0 saturated heterocycles. The molecule has 3 N–H and O–H groups in total. The highest BCUT2D eigenvalue weighted by molar-refractivity contribution is 5.95. The Morgan fingerprint density at radius 3 is 2.25 bits per heavy atom. The normalized spacial score (nSPS) is 13.5. The highest BCUT2D eigenvalue weighted by atomic mass is 16.5. The fourth-order valence-electron chi connectivity index (χ4n) is 3.69. The van der Waals surface area contributed by atoms with Gasteiger partial charge in [-0.3, -0.25) is 4.79 Å². The number of rotatable bonds is 9. The monoisotopic (exact) mass is 434 g/mol. The molecule has 2 aromatic carbocycles. The number of carboxylic acid groups (broad SMARTS) is 1. The molecule has 0 heterocycles. The number of ether oxygens (including phenoxy) is 1. The quantitative estimate of drug-likeness (QED) is 0.413. The number of carbonyl (C=O) groups excluding carboxylic acids is 2. The third-order valence-electron chi connectivity index (χ3n) is 5.36. The summed E-state index contributed by atoms with van der Waals surface area (Å²) >= 11 is 0. The van der Waals surface area contributed by atoms with Gasteiger partial charge >= 0.3 is 12.1 Å². The Balaban J connectivity index is 1.52. The van der Waals surface area contributed by atoms with E-state index in [9.17, 15) is 14.4 Å². The van der Waals surface area contributed by atoms with Crippen molar-refractivity contribution in [2.24, 2.45) is 0 Å². The second kappa shape index (κ2) is 10.4. The smallest absolute Gasteiger partial charge is 0.407 e. The van der Waals surface area contributed by atoms with E-state index < -0.39 is 24.0 Å². The van der Waals surface area contributed by atoms with Gasteiger partial charge < -0.3 is 20.5 Å².